The lowest BCUT2D eigenvalue weighted by Crippen LogP contribution is -2.59. The molecular weight excluding hydrogens is 466 g/mol. The van der Waals surface area contributed by atoms with Crippen LogP contribution in [0.1, 0.15) is 60.8 Å². The molecule has 2 aliphatic heterocycles. The van der Waals surface area contributed by atoms with Crippen LogP contribution >= 0.6 is 0 Å². The monoisotopic (exact) mass is 494 g/mol. The number of hydrogen-bond acceptors (Lipinski definition) is 5. The molecule has 7 nitrogen and oxygen atoms in total. The second kappa shape index (κ2) is 9.86. The van der Waals surface area contributed by atoms with Gasteiger partial charge in [0.05, 0.1) is 17.2 Å². The first kappa shape index (κ1) is 24.2. The summed E-state index contributed by atoms with van der Waals surface area (Å²) in [4.78, 5) is 26.9. The van der Waals surface area contributed by atoms with E-state index in [4.69, 9.17) is 4.74 Å². The van der Waals surface area contributed by atoms with Crippen LogP contribution in [0.15, 0.2) is 42.5 Å². The number of cyclic esters (lactones) is 1. The number of imide groups is 1. The van der Waals surface area contributed by atoms with Crippen molar-refractivity contribution < 1.29 is 23.1 Å². The highest BCUT2D eigenvalue weighted by Gasteiger charge is 2.47. The number of nitrogens with zero attached hydrogens (tertiary/aromatic N) is 2. The Morgan fingerprint density at radius 2 is 1.92 bits per heavy atom. The summed E-state index contributed by atoms with van der Waals surface area (Å²) in [6.07, 6.45) is 3.49. The Hall–Kier alpha value is -3.51. The average molecular weight is 495 g/mol. The Balaban J connectivity index is 1.31. The molecule has 9 heteroatoms. The van der Waals surface area contributed by atoms with Crippen LogP contribution in [-0.2, 0) is 4.74 Å². The van der Waals surface area contributed by atoms with E-state index in [1.807, 2.05) is 24.3 Å². The standard InChI is InChI=1S/C27H28F2N4O3/c28-22-10-7-18(13-23(22)29)24-15-36-26(35)33(24)25(34)32-27(11-12-31-16-27)20-8-5-17(6-9-20)21-4-2-1-3-19(21)14-30/h1-4,7,10,13,17,20,24,31H,5-6,8-9,11-12,15-16H2,(H,32,34)/t17-,20+,24-,27+/m1/s1. The Morgan fingerprint density at radius 3 is 2.61 bits per heavy atom. The first-order valence-electron chi connectivity index (χ1n) is 12.3. The molecule has 0 bridgehead atoms. The molecule has 1 aliphatic carbocycles. The average Bonchev–Trinajstić information content (AvgIpc) is 3.53. The van der Waals surface area contributed by atoms with Crippen LogP contribution in [0.25, 0.3) is 0 Å². The minimum absolute atomic E-state index is 0.119. The van der Waals surface area contributed by atoms with Gasteiger partial charge in [-0.15, -0.1) is 0 Å². The molecule has 2 aromatic carbocycles. The predicted octanol–water partition coefficient (Wildman–Crippen LogP) is 4.75. The third-order valence-corrected chi connectivity index (χ3v) is 7.99. The summed E-state index contributed by atoms with van der Waals surface area (Å²) in [6.45, 7) is 1.21. The maximum absolute atomic E-state index is 13.8. The molecule has 2 atom stereocenters. The Bertz CT molecular complexity index is 1200. The number of nitriles is 1. The molecular formula is C27H28F2N4O3. The largest absolute Gasteiger partial charge is 0.446 e. The molecule has 3 aliphatic rings. The van der Waals surface area contributed by atoms with E-state index in [-0.39, 0.29) is 12.5 Å². The number of carbonyl (C=O) groups excluding carboxylic acids is 2. The molecule has 1 saturated carbocycles. The summed E-state index contributed by atoms with van der Waals surface area (Å²) in [7, 11) is 0. The van der Waals surface area contributed by atoms with E-state index >= 15 is 0 Å². The van der Waals surface area contributed by atoms with E-state index in [9.17, 15) is 23.6 Å². The quantitative estimate of drug-likeness (QED) is 0.640. The number of benzene rings is 2. The number of halogens is 2. The fraction of sp³-hybridized carbons (Fsp3) is 0.444. The number of urea groups is 1. The van der Waals surface area contributed by atoms with Crippen molar-refractivity contribution in [1.82, 2.24) is 15.5 Å². The van der Waals surface area contributed by atoms with Gasteiger partial charge in [0.15, 0.2) is 11.6 Å². The lowest BCUT2D eigenvalue weighted by molar-refractivity contribution is 0.138. The second-order valence-corrected chi connectivity index (χ2v) is 9.90. The van der Waals surface area contributed by atoms with Crippen LogP contribution in [0, 0.1) is 28.9 Å². The fourth-order valence-electron chi connectivity index (χ4n) is 6.06. The van der Waals surface area contributed by atoms with Crippen molar-refractivity contribution in [2.24, 2.45) is 5.92 Å². The van der Waals surface area contributed by atoms with E-state index in [1.165, 1.54) is 6.07 Å². The first-order valence-corrected chi connectivity index (χ1v) is 12.3. The first-order chi connectivity index (χ1) is 17.4. The van der Waals surface area contributed by atoms with Gasteiger partial charge in [0.1, 0.15) is 12.6 Å². The number of rotatable bonds is 4. The van der Waals surface area contributed by atoms with E-state index < -0.39 is 35.3 Å². The number of nitrogens with one attached hydrogen (secondary N) is 2. The zero-order valence-electron chi connectivity index (χ0n) is 19.8. The molecule has 5 rings (SSSR count). The van der Waals surface area contributed by atoms with E-state index in [2.05, 4.69) is 16.7 Å². The zero-order chi connectivity index (χ0) is 25.3. The Kier molecular flexibility index (Phi) is 6.63. The van der Waals surface area contributed by atoms with E-state index in [1.54, 1.807) is 0 Å². The van der Waals surface area contributed by atoms with Crippen LogP contribution in [-0.4, -0.2) is 42.3 Å². The van der Waals surface area contributed by atoms with Gasteiger partial charge in [0.25, 0.3) is 0 Å². The van der Waals surface area contributed by atoms with Gasteiger partial charge in [-0.3, -0.25) is 0 Å². The molecule has 2 heterocycles. The molecule has 36 heavy (non-hydrogen) atoms. The SMILES string of the molecule is N#Cc1ccccc1[C@H]1CC[C@@H]([C@]2(NC(=O)N3C(=O)OC[C@@H]3c3ccc(F)c(F)c3)CCNC2)CC1. The minimum Gasteiger partial charge on any atom is -0.446 e. The third-order valence-electron chi connectivity index (χ3n) is 7.99. The predicted molar refractivity (Wildman–Crippen MR) is 127 cm³/mol. The minimum atomic E-state index is -1.04. The highest BCUT2D eigenvalue weighted by Crippen LogP contribution is 2.43. The smallest absolute Gasteiger partial charge is 0.418 e. The van der Waals surface area contributed by atoms with Gasteiger partial charge in [-0.2, -0.15) is 5.26 Å². The summed E-state index contributed by atoms with van der Waals surface area (Å²) in [5.41, 5.74) is 1.56. The molecule has 0 spiro atoms. The van der Waals surface area contributed by atoms with Gasteiger partial charge in [0.2, 0.25) is 0 Å². The summed E-state index contributed by atoms with van der Waals surface area (Å²) in [6, 6.07) is 11.9. The zero-order valence-corrected chi connectivity index (χ0v) is 19.8. The molecule has 2 aromatic rings. The van der Waals surface area contributed by atoms with Gasteiger partial charge in [0, 0.05) is 6.54 Å². The van der Waals surface area contributed by atoms with Crippen LogP contribution in [0.4, 0.5) is 18.4 Å². The second-order valence-electron chi connectivity index (χ2n) is 9.90. The lowest BCUT2D eigenvalue weighted by atomic mass is 9.69. The number of hydrogen-bond donors (Lipinski definition) is 2. The van der Waals surface area contributed by atoms with Crippen molar-refractivity contribution in [1.29, 1.82) is 5.26 Å². The third kappa shape index (κ3) is 4.42. The van der Waals surface area contributed by atoms with Gasteiger partial charge < -0.3 is 15.4 Å². The molecule has 0 radical (unpaired) electrons. The lowest BCUT2D eigenvalue weighted by Gasteiger charge is -2.42. The summed E-state index contributed by atoms with van der Waals surface area (Å²) >= 11 is 0. The van der Waals surface area contributed by atoms with E-state index in [0.29, 0.717) is 23.6 Å². The van der Waals surface area contributed by atoms with Crippen molar-refractivity contribution in [3.05, 3.63) is 70.8 Å². The van der Waals surface area contributed by atoms with Gasteiger partial charge in [-0.1, -0.05) is 24.3 Å². The molecule has 3 amide bonds. The Labute approximate surface area is 208 Å². The van der Waals surface area contributed by atoms with Gasteiger partial charge in [-0.05, 0) is 79.8 Å². The molecule has 0 aromatic heterocycles. The maximum atomic E-state index is 13.8. The van der Waals surface area contributed by atoms with Crippen LogP contribution in [0.5, 0.6) is 0 Å². The number of carbonyl (C=O) groups is 2. The maximum Gasteiger partial charge on any atom is 0.418 e. The van der Waals surface area contributed by atoms with Gasteiger partial charge in [-0.25, -0.2) is 23.3 Å². The van der Waals surface area contributed by atoms with Crippen molar-refractivity contribution in [3.63, 3.8) is 0 Å². The number of ether oxygens (including phenoxy) is 1. The Morgan fingerprint density at radius 1 is 1.14 bits per heavy atom. The topological polar surface area (TPSA) is 94.5 Å². The van der Waals surface area contributed by atoms with Crippen molar-refractivity contribution >= 4 is 12.1 Å². The molecule has 188 valence electrons. The van der Waals surface area contributed by atoms with Crippen LogP contribution in [0.3, 0.4) is 0 Å². The highest BCUT2D eigenvalue weighted by molar-refractivity contribution is 5.93. The van der Waals surface area contributed by atoms with Gasteiger partial charge >= 0.3 is 12.1 Å². The molecule has 0 unspecified atom stereocenters. The summed E-state index contributed by atoms with van der Waals surface area (Å²) in [5, 5.41) is 16.0. The number of amides is 3. The normalized spacial score (nSPS) is 28.0. The van der Waals surface area contributed by atoms with Crippen molar-refractivity contribution in [2.45, 2.75) is 49.6 Å². The summed E-state index contributed by atoms with van der Waals surface area (Å²) < 4.78 is 32.4. The molecule has 3 fully saturated rings. The van der Waals surface area contributed by atoms with E-state index in [0.717, 1.165) is 61.2 Å². The van der Waals surface area contributed by atoms with Crippen molar-refractivity contribution in [2.75, 3.05) is 19.7 Å². The highest BCUT2D eigenvalue weighted by atomic mass is 19.2. The fourth-order valence-corrected chi connectivity index (χ4v) is 6.06. The van der Waals surface area contributed by atoms with Crippen LogP contribution in [0.2, 0.25) is 0 Å². The molecule has 2 N–H and O–H groups in total. The summed E-state index contributed by atoms with van der Waals surface area (Å²) in [5.74, 6) is -1.55. The van der Waals surface area contributed by atoms with Crippen molar-refractivity contribution in [3.8, 4) is 6.07 Å². The van der Waals surface area contributed by atoms with Crippen LogP contribution < -0.4 is 10.6 Å². The molecule has 2 saturated heterocycles.